The van der Waals surface area contributed by atoms with Gasteiger partial charge in [0.25, 0.3) is 0 Å². The molecule has 0 spiro atoms. The lowest BCUT2D eigenvalue weighted by Crippen LogP contribution is -2.12. The quantitative estimate of drug-likeness (QED) is 0.750. The minimum Gasteiger partial charge on any atom is -0.497 e. The fraction of sp³-hybridized carbons (Fsp3) is 0.438. The number of thioether (sulfide) groups is 1. The van der Waals surface area contributed by atoms with Crippen LogP contribution >= 0.6 is 11.8 Å². The van der Waals surface area contributed by atoms with Gasteiger partial charge >= 0.3 is 0 Å². The van der Waals surface area contributed by atoms with E-state index in [9.17, 15) is 4.79 Å². The number of nitrogens with zero attached hydrogens (tertiary/aromatic N) is 3. The van der Waals surface area contributed by atoms with Gasteiger partial charge in [0, 0.05) is 24.3 Å². The van der Waals surface area contributed by atoms with Crippen LogP contribution in [0.3, 0.4) is 0 Å². The molecular formula is C16H22N4O2S. The molecule has 1 heterocycles. The molecule has 0 unspecified atom stereocenters. The van der Waals surface area contributed by atoms with Gasteiger partial charge in [-0.05, 0) is 30.2 Å². The Morgan fingerprint density at radius 2 is 2.00 bits per heavy atom. The molecular weight excluding hydrogens is 312 g/mol. The van der Waals surface area contributed by atoms with E-state index in [4.69, 9.17) is 10.5 Å². The lowest BCUT2D eigenvalue weighted by atomic mass is 10.2. The van der Waals surface area contributed by atoms with Crippen molar-refractivity contribution in [2.45, 2.75) is 32.0 Å². The predicted octanol–water partition coefficient (Wildman–Crippen LogP) is 2.58. The van der Waals surface area contributed by atoms with Crippen LogP contribution in [0, 0.1) is 5.92 Å². The summed E-state index contributed by atoms with van der Waals surface area (Å²) in [5, 5.41) is 9.42. The maximum Gasteiger partial charge on any atom is 0.218 e. The highest BCUT2D eigenvalue weighted by atomic mass is 32.2. The van der Waals surface area contributed by atoms with Gasteiger partial charge in [-0.3, -0.25) is 4.79 Å². The Hall–Kier alpha value is -2.02. The number of primary amides is 1. The van der Waals surface area contributed by atoms with Crippen LogP contribution in [0.1, 0.15) is 20.3 Å². The van der Waals surface area contributed by atoms with Crippen molar-refractivity contribution >= 4 is 17.7 Å². The highest BCUT2D eigenvalue weighted by Crippen LogP contribution is 2.26. The van der Waals surface area contributed by atoms with Crippen LogP contribution < -0.4 is 10.5 Å². The number of ether oxygens (including phenoxy) is 1. The average molecular weight is 334 g/mol. The number of carbonyl (C=O) groups excluding carboxylic acids is 1. The number of carbonyl (C=O) groups is 1. The van der Waals surface area contributed by atoms with Crippen LogP contribution in [0.5, 0.6) is 5.75 Å². The summed E-state index contributed by atoms with van der Waals surface area (Å²) >= 11 is 1.50. The largest absolute Gasteiger partial charge is 0.497 e. The molecule has 1 amide bonds. The van der Waals surface area contributed by atoms with Crippen molar-refractivity contribution in [3.63, 3.8) is 0 Å². The smallest absolute Gasteiger partial charge is 0.218 e. The number of nitrogens with two attached hydrogens (primary N) is 1. The molecule has 0 fully saturated rings. The zero-order valence-electron chi connectivity index (χ0n) is 13.7. The lowest BCUT2D eigenvalue weighted by Gasteiger charge is -2.12. The highest BCUT2D eigenvalue weighted by Gasteiger charge is 2.15. The normalized spacial score (nSPS) is 11.0. The molecule has 0 saturated carbocycles. The first-order valence-electron chi connectivity index (χ1n) is 7.50. The zero-order chi connectivity index (χ0) is 16.8. The number of aromatic nitrogens is 3. The molecule has 7 heteroatoms. The van der Waals surface area contributed by atoms with E-state index in [2.05, 4.69) is 28.6 Å². The molecule has 0 bridgehead atoms. The van der Waals surface area contributed by atoms with Crippen LogP contribution in [0.4, 0.5) is 0 Å². The van der Waals surface area contributed by atoms with Gasteiger partial charge < -0.3 is 15.0 Å². The summed E-state index contributed by atoms with van der Waals surface area (Å²) in [4.78, 5) is 10.9. The SMILES string of the molecule is COc1ccc(-c2nnc(SCCC(N)=O)n2CC(C)C)cc1. The standard InChI is InChI=1S/C16H22N4O2S/c1-11(2)10-20-15(12-4-6-13(22-3)7-5-12)18-19-16(20)23-9-8-14(17)21/h4-7,11H,8-10H2,1-3H3,(H2,17,21). The van der Waals surface area contributed by atoms with E-state index in [0.29, 0.717) is 18.1 Å². The molecule has 1 aromatic carbocycles. The van der Waals surface area contributed by atoms with Crippen molar-refractivity contribution in [1.29, 1.82) is 0 Å². The van der Waals surface area contributed by atoms with E-state index >= 15 is 0 Å². The van der Waals surface area contributed by atoms with Crippen molar-refractivity contribution in [2.75, 3.05) is 12.9 Å². The number of methoxy groups -OCH3 is 1. The van der Waals surface area contributed by atoms with Crippen LogP contribution in [0.2, 0.25) is 0 Å². The van der Waals surface area contributed by atoms with Gasteiger partial charge in [-0.25, -0.2) is 0 Å². The molecule has 2 aromatic rings. The number of rotatable bonds is 8. The Morgan fingerprint density at radius 1 is 1.30 bits per heavy atom. The molecule has 2 rings (SSSR count). The van der Waals surface area contributed by atoms with Gasteiger partial charge in [0.05, 0.1) is 7.11 Å². The summed E-state index contributed by atoms with van der Waals surface area (Å²) in [6, 6.07) is 7.75. The number of hydrogen-bond donors (Lipinski definition) is 1. The molecule has 2 N–H and O–H groups in total. The molecule has 0 aliphatic heterocycles. The van der Waals surface area contributed by atoms with Crippen LogP contribution in [-0.4, -0.2) is 33.5 Å². The summed E-state index contributed by atoms with van der Waals surface area (Å²) in [6.45, 7) is 5.11. The number of amides is 1. The highest BCUT2D eigenvalue weighted by molar-refractivity contribution is 7.99. The van der Waals surface area contributed by atoms with Crippen molar-refractivity contribution in [3.8, 4) is 17.1 Å². The van der Waals surface area contributed by atoms with Gasteiger partial charge in [0.1, 0.15) is 5.75 Å². The van der Waals surface area contributed by atoms with Crippen molar-refractivity contribution in [1.82, 2.24) is 14.8 Å². The molecule has 124 valence electrons. The second-order valence-corrected chi connectivity index (χ2v) is 6.67. The van der Waals surface area contributed by atoms with Gasteiger partial charge in [-0.15, -0.1) is 10.2 Å². The van der Waals surface area contributed by atoms with E-state index in [1.165, 1.54) is 11.8 Å². The Bertz CT molecular complexity index is 653. The van der Waals surface area contributed by atoms with Gasteiger partial charge in [0.15, 0.2) is 11.0 Å². The monoisotopic (exact) mass is 334 g/mol. The fourth-order valence-electron chi connectivity index (χ4n) is 2.12. The third-order valence-electron chi connectivity index (χ3n) is 3.19. The summed E-state index contributed by atoms with van der Waals surface area (Å²) in [5.74, 6) is 2.39. The molecule has 0 radical (unpaired) electrons. The molecule has 6 nitrogen and oxygen atoms in total. The van der Waals surface area contributed by atoms with Crippen molar-refractivity contribution in [3.05, 3.63) is 24.3 Å². The first-order valence-corrected chi connectivity index (χ1v) is 8.48. The average Bonchev–Trinajstić information content (AvgIpc) is 2.89. The molecule has 1 aromatic heterocycles. The molecule has 0 atom stereocenters. The Balaban J connectivity index is 2.26. The zero-order valence-corrected chi connectivity index (χ0v) is 14.5. The summed E-state index contributed by atoms with van der Waals surface area (Å²) < 4.78 is 7.29. The molecule has 23 heavy (non-hydrogen) atoms. The summed E-state index contributed by atoms with van der Waals surface area (Å²) in [7, 11) is 1.64. The Labute approximate surface area is 140 Å². The Kier molecular flexibility index (Phi) is 6.04. The van der Waals surface area contributed by atoms with Crippen LogP contribution in [-0.2, 0) is 11.3 Å². The summed E-state index contributed by atoms with van der Waals surface area (Å²) in [5.41, 5.74) is 6.18. The van der Waals surface area contributed by atoms with Crippen LogP contribution in [0.15, 0.2) is 29.4 Å². The van der Waals surface area contributed by atoms with E-state index < -0.39 is 0 Å². The van der Waals surface area contributed by atoms with Gasteiger partial charge in [-0.2, -0.15) is 0 Å². The fourth-order valence-corrected chi connectivity index (χ4v) is 3.02. The minimum absolute atomic E-state index is 0.303. The lowest BCUT2D eigenvalue weighted by molar-refractivity contribution is -0.117. The third kappa shape index (κ3) is 4.72. The first-order chi connectivity index (χ1) is 11.0. The summed E-state index contributed by atoms with van der Waals surface area (Å²) in [6.07, 6.45) is 0.330. The second-order valence-electron chi connectivity index (χ2n) is 5.60. The predicted molar refractivity (Wildman–Crippen MR) is 91.4 cm³/mol. The van der Waals surface area contributed by atoms with E-state index in [-0.39, 0.29) is 5.91 Å². The minimum atomic E-state index is -0.303. The van der Waals surface area contributed by atoms with Gasteiger partial charge in [-0.1, -0.05) is 25.6 Å². The third-order valence-corrected chi connectivity index (χ3v) is 4.16. The van der Waals surface area contributed by atoms with E-state index in [1.807, 2.05) is 24.3 Å². The Morgan fingerprint density at radius 3 is 2.57 bits per heavy atom. The number of benzene rings is 1. The van der Waals surface area contributed by atoms with E-state index in [0.717, 1.165) is 28.8 Å². The second kappa shape index (κ2) is 8.01. The maximum absolute atomic E-state index is 10.9. The first kappa shape index (κ1) is 17.3. The molecule has 0 aliphatic rings. The molecule has 0 saturated heterocycles. The molecule has 0 aliphatic carbocycles. The van der Waals surface area contributed by atoms with Gasteiger partial charge in [0.2, 0.25) is 5.91 Å². The van der Waals surface area contributed by atoms with Crippen molar-refractivity contribution < 1.29 is 9.53 Å². The van der Waals surface area contributed by atoms with Crippen LogP contribution in [0.25, 0.3) is 11.4 Å². The maximum atomic E-state index is 10.9. The number of hydrogen-bond acceptors (Lipinski definition) is 5. The topological polar surface area (TPSA) is 83.0 Å². The van der Waals surface area contributed by atoms with E-state index in [1.54, 1.807) is 7.11 Å². The van der Waals surface area contributed by atoms with Crippen molar-refractivity contribution in [2.24, 2.45) is 11.7 Å².